The van der Waals surface area contributed by atoms with E-state index in [0.717, 1.165) is 16.0 Å². The van der Waals surface area contributed by atoms with Crippen molar-refractivity contribution in [2.24, 2.45) is 0 Å². The Morgan fingerprint density at radius 1 is 1.35 bits per heavy atom. The normalized spacial score (nSPS) is 10.7. The summed E-state index contributed by atoms with van der Waals surface area (Å²) in [5.74, 6) is 0.284. The molecule has 0 atom stereocenters. The van der Waals surface area contributed by atoms with E-state index < -0.39 is 11.5 Å². The van der Waals surface area contributed by atoms with E-state index in [0.29, 0.717) is 17.4 Å². The minimum atomic E-state index is -0.477. The van der Waals surface area contributed by atoms with Crippen LogP contribution >= 0.6 is 11.3 Å². The second-order valence-corrected chi connectivity index (χ2v) is 5.95. The first-order valence-corrected chi connectivity index (χ1v) is 7.93. The zero-order valence-corrected chi connectivity index (χ0v) is 13.5. The molecule has 6 nitrogen and oxygen atoms in total. The third-order valence-corrected chi connectivity index (χ3v) is 4.12. The molecule has 0 saturated heterocycles. The van der Waals surface area contributed by atoms with E-state index in [1.54, 1.807) is 13.0 Å². The maximum absolute atomic E-state index is 12.2. The number of amides is 1. The molecule has 0 fully saturated rings. The Labute approximate surface area is 136 Å². The first kappa shape index (κ1) is 15.2. The van der Waals surface area contributed by atoms with Gasteiger partial charge in [0, 0.05) is 5.69 Å². The van der Waals surface area contributed by atoms with Gasteiger partial charge in [0.1, 0.15) is 11.3 Å². The van der Waals surface area contributed by atoms with Crippen LogP contribution in [0.4, 0.5) is 5.13 Å². The van der Waals surface area contributed by atoms with E-state index >= 15 is 0 Å². The van der Waals surface area contributed by atoms with Crippen molar-refractivity contribution in [2.45, 2.75) is 13.8 Å². The van der Waals surface area contributed by atoms with Gasteiger partial charge >= 0.3 is 0 Å². The lowest BCUT2D eigenvalue weighted by molar-refractivity contribution is 0.102. The van der Waals surface area contributed by atoms with Crippen molar-refractivity contribution in [1.29, 1.82) is 0 Å². The van der Waals surface area contributed by atoms with Crippen molar-refractivity contribution in [1.82, 2.24) is 9.97 Å². The lowest BCUT2D eigenvalue weighted by Crippen LogP contribution is -2.23. The van der Waals surface area contributed by atoms with Crippen LogP contribution in [-0.4, -0.2) is 22.5 Å². The Balaban J connectivity index is 1.86. The fraction of sp³-hybridized carbons (Fsp3) is 0.188. The van der Waals surface area contributed by atoms with Gasteiger partial charge in [-0.15, -0.1) is 0 Å². The van der Waals surface area contributed by atoms with Crippen LogP contribution in [0.15, 0.2) is 35.1 Å². The fourth-order valence-electron chi connectivity index (χ4n) is 2.13. The van der Waals surface area contributed by atoms with E-state index in [2.05, 4.69) is 15.3 Å². The predicted molar refractivity (Wildman–Crippen MR) is 90.5 cm³/mol. The molecule has 0 aliphatic heterocycles. The summed E-state index contributed by atoms with van der Waals surface area (Å²) < 4.78 is 6.35. The molecule has 1 aromatic carbocycles. The molecule has 118 valence electrons. The molecule has 0 radical (unpaired) electrons. The number of benzene rings is 1. The number of pyridine rings is 1. The highest BCUT2D eigenvalue weighted by molar-refractivity contribution is 7.22. The summed E-state index contributed by atoms with van der Waals surface area (Å²) >= 11 is 1.33. The smallest absolute Gasteiger partial charge is 0.263 e. The average Bonchev–Trinajstić information content (AvgIpc) is 2.88. The summed E-state index contributed by atoms with van der Waals surface area (Å²) in [6.45, 7) is 4.26. The number of carbonyl (C=O) groups is 1. The highest BCUT2D eigenvalue weighted by Gasteiger charge is 2.13. The van der Waals surface area contributed by atoms with Gasteiger partial charge < -0.3 is 9.72 Å². The van der Waals surface area contributed by atoms with Crippen LogP contribution in [0, 0.1) is 6.92 Å². The Kier molecular flexibility index (Phi) is 4.12. The number of ether oxygens (including phenoxy) is 1. The minimum absolute atomic E-state index is 0.0601. The van der Waals surface area contributed by atoms with Crippen molar-refractivity contribution >= 4 is 32.6 Å². The molecule has 2 N–H and O–H groups in total. The number of carbonyl (C=O) groups excluding carboxylic acids is 1. The summed E-state index contributed by atoms with van der Waals surface area (Å²) in [5.41, 5.74) is 1.12. The molecule has 2 heterocycles. The van der Waals surface area contributed by atoms with Gasteiger partial charge in [-0.25, -0.2) is 4.98 Å². The summed E-state index contributed by atoms with van der Waals surface area (Å²) in [7, 11) is 0. The zero-order chi connectivity index (χ0) is 16.4. The van der Waals surface area contributed by atoms with Crippen LogP contribution < -0.4 is 15.6 Å². The fourth-order valence-corrected chi connectivity index (χ4v) is 3.02. The van der Waals surface area contributed by atoms with E-state index in [-0.39, 0.29) is 5.56 Å². The molecule has 0 saturated carbocycles. The third kappa shape index (κ3) is 3.24. The van der Waals surface area contributed by atoms with Gasteiger partial charge in [0.25, 0.3) is 11.5 Å². The number of rotatable bonds is 4. The van der Waals surface area contributed by atoms with E-state index in [1.807, 2.05) is 25.1 Å². The van der Waals surface area contributed by atoms with Gasteiger partial charge in [-0.3, -0.25) is 14.9 Å². The number of aromatic nitrogens is 2. The SMILES string of the molecule is CCOc1ccc2nc(NC(=O)c3ccc(C)[nH]c3=O)sc2c1. The van der Waals surface area contributed by atoms with Crippen LogP contribution in [0.25, 0.3) is 10.2 Å². The Morgan fingerprint density at radius 2 is 2.17 bits per heavy atom. The third-order valence-electron chi connectivity index (χ3n) is 3.19. The van der Waals surface area contributed by atoms with E-state index in [4.69, 9.17) is 4.74 Å². The second kappa shape index (κ2) is 6.21. The molecular formula is C16H15N3O3S. The maximum Gasteiger partial charge on any atom is 0.263 e. The summed E-state index contributed by atoms with van der Waals surface area (Å²) in [6, 6.07) is 8.74. The number of H-pyrrole nitrogens is 1. The largest absolute Gasteiger partial charge is 0.494 e. The van der Waals surface area contributed by atoms with E-state index in [1.165, 1.54) is 17.4 Å². The summed E-state index contributed by atoms with van der Waals surface area (Å²) in [5, 5.41) is 3.11. The average molecular weight is 329 g/mol. The molecule has 7 heteroatoms. The zero-order valence-electron chi connectivity index (χ0n) is 12.7. The lowest BCUT2D eigenvalue weighted by atomic mass is 10.2. The predicted octanol–water partition coefficient (Wildman–Crippen LogP) is 2.94. The quantitative estimate of drug-likeness (QED) is 0.771. The topological polar surface area (TPSA) is 84.1 Å². The number of nitrogens with zero attached hydrogens (tertiary/aromatic N) is 1. The number of fused-ring (bicyclic) bond motifs is 1. The molecule has 0 unspecified atom stereocenters. The van der Waals surface area contributed by atoms with Crippen LogP contribution in [0.2, 0.25) is 0 Å². The molecule has 0 bridgehead atoms. The molecule has 0 aliphatic carbocycles. The van der Waals surface area contributed by atoms with Crippen molar-refractivity contribution in [3.63, 3.8) is 0 Å². The van der Waals surface area contributed by atoms with Crippen LogP contribution in [-0.2, 0) is 0 Å². The Hall–Kier alpha value is -2.67. The van der Waals surface area contributed by atoms with Crippen LogP contribution in [0.5, 0.6) is 5.75 Å². The molecule has 2 aromatic heterocycles. The second-order valence-electron chi connectivity index (χ2n) is 4.92. The number of anilines is 1. The summed E-state index contributed by atoms with van der Waals surface area (Å²) in [4.78, 5) is 31.0. The minimum Gasteiger partial charge on any atom is -0.494 e. The maximum atomic E-state index is 12.2. The van der Waals surface area contributed by atoms with E-state index in [9.17, 15) is 9.59 Å². The number of nitrogens with one attached hydrogen (secondary N) is 2. The number of hydrogen-bond acceptors (Lipinski definition) is 5. The van der Waals surface area contributed by atoms with Crippen molar-refractivity contribution < 1.29 is 9.53 Å². The number of hydrogen-bond donors (Lipinski definition) is 2. The number of aryl methyl sites for hydroxylation is 1. The molecular weight excluding hydrogens is 314 g/mol. The lowest BCUT2D eigenvalue weighted by Gasteiger charge is -2.01. The molecule has 23 heavy (non-hydrogen) atoms. The summed E-state index contributed by atoms with van der Waals surface area (Å²) in [6.07, 6.45) is 0. The van der Waals surface area contributed by atoms with Gasteiger partial charge in [-0.2, -0.15) is 0 Å². The highest BCUT2D eigenvalue weighted by atomic mass is 32.1. The van der Waals surface area contributed by atoms with Crippen LogP contribution in [0.1, 0.15) is 23.0 Å². The number of thiazole rings is 1. The first-order valence-electron chi connectivity index (χ1n) is 7.11. The van der Waals surface area contributed by atoms with Gasteiger partial charge in [0.15, 0.2) is 5.13 Å². The molecule has 1 amide bonds. The molecule has 3 aromatic rings. The van der Waals surface area contributed by atoms with Gasteiger partial charge in [-0.1, -0.05) is 11.3 Å². The first-order chi connectivity index (χ1) is 11.1. The monoisotopic (exact) mass is 329 g/mol. The van der Waals surface area contributed by atoms with Crippen molar-refractivity contribution in [3.8, 4) is 5.75 Å². The standard InChI is InChI=1S/C16H15N3O3S/c1-3-22-10-5-7-12-13(8-10)23-16(18-12)19-15(21)11-6-4-9(2)17-14(11)20/h4-8H,3H2,1-2H3,(H,17,20)(H,18,19,21). The molecule has 3 rings (SSSR count). The number of aromatic amines is 1. The molecule has 0 aliphatic rings. The van der Waals surface area contributed by atoms with Gasteiger partial charge in [-0.05, 0) is 44.2 Å². The van der Waals surface area contributed by atoms with Gasteiger partial charge in [0.2, 0.25) is 0 Å². The van der Waals surface area contributed by atoms with Gasteiger partial charge in [0.05, 0.1) is 16.8 Å². The highest BCUT2D eigenvalue weighted by Crippen LogP contribution is 2.29. The Bertz CT molecular complexity index is 930. The molecule has 0 spiro atoms. The van der Waals surface area contributed by atoms with Crippen molar-refractivity contribution in [3.05, 3.63) is 51.9 Å². The Morgan fingerprint density at radius 3 is 2.91 bits per heavy atom. The van der Waals surface area contributed by atoms with Crippen molar-refractivity contribution in [2.75, 3.05) is 11.9 Å². The van der Waals surface area contributed by atoms with Crippen LogP contribution in [0.3, 0.4) is 0 Å².